The number of amides is 1. The lowest BCUT2D eigenvalue weighted by atomic mass is 10.2. The van der Waals surface area contributed by atoms with Crippen molar-refractivity contribution < 1.29 is 9.53 Å². The van der Waals surface area contributed by atoms with Crippen LogP contribution in [-0.2, 0) is 16.1 Å². The number of rotatable bonds is 6. The molecule has 4 heteroatoms. The molecule has 0 spiro atoms. The van der Waals surface area contributed by atoms with Gasteiger partial charge in [-0.2, -0.15) is 0 Å². The van der Waals surface area contributed by atoms with Crippen molar-refractivity contribution >= 4 is 11.6 Å². The molecule has 2 N–H and O–H groups in total. The molecule has 110 valence electrons. The molecule has 0 radical (unpaired) electrons. The number of hydrogen-bond donors (Lipinski definition) is 2. The molecule has 1 fully saturated rings. The van der Waals surface area contributed by atoms with Gasteiger partial charge in [0, 0.05) is 18.3 Å². The monoisotopic (exact) mass is 276 g/mol. The summed E-state index contributed by atoms with van der Waals surface area (Å²) < 4.78 is 5.44. The Morgan fingerprint density at radius 1 is 1.25 bits per heavy atom. The lowest BCUT2D eigenvalue weighted by Crippen LogP contribution is -2.27. The zero-order chi connectivity index (χ0) is 14.6. The van der Waals surface area contributed by atoms with Gasteiger partial charge in [-0.25, -0.2) is 0 Å². The van der Waals surface area contributed by atoms with E-state index < -0.39 is 0 Å². The summed E-state index contributed by atoms with van der Waals surface area (Å²) in [5.41, 5.74) is 1.75. The molecule has 1 aromatic carbocycles. The number of ether oxygens (including phenoxy) is 1. The molecule has 20 heavy (non-hydrogen) atoms. The molecule has 1 amide bonds. The van der Waals surface area contributed by atoms with Gasteiger partial charge in [0.05, 0.1) is 5.60 Å². The van der Waals surface area contributed by atoms with E-state index in [1.54, 1.807) is 0 Å². The number of nitrogens with one attached hydrogen (secondary N) is 2. The molecular formula is C16H24N2O2. The van der Waals surface area contributed by atoms with Crippen LogP contribution in [0.1, 0.15) is 39.2 Å². The molecule has 1 saturated carbocycles. The van der Waals surface area contributed by atoms with Crippen molar-refractivity contribution in [3.05, 3.63) is 29.8 Å². The maximum Gasteiger partial charge on any atom is 0.250 e. The molecule has 0 saturated heterocycles. The molecule has 0 aliphatic heterocycles. The fourth-order valence-electron chi connectivity index (χ4n) is 1.73. The van der Waals surface area contributed by atoms with E-state index >= 15 is 0 Å². The Bertz CT molecular complexity index is 445. The third-order valence-corrected chi connectivity index (χ3v) is 3.05. The summed E-state index contributed by atoms with van der Waals surface area (Å²) in [5, 5.41) is 6.30. The van der Waals surface area contributed by atoms with Crippen molar-refractivity contribution in [3.63, 3.8) is 0 Å². The van der Waals surface area contributed by atoms with E-state index in [0.717, 1.165) is 12.2 Å². The number of hydrogen-bond acceptors (Lipinski definition) is 3. The van der Waals surface area contributed by atoms with Crippen LogP contribution in [0.2, 0.25) is 0 Å². The minimum atomic E-state index is -0.296. The van der Waals surface area contributed by atoms with Gasteiger partial charge in [0.2, 0.25) is 5.91 Å². The van der Waals surface area contributed by atoms with E-state index in [-0.39, 0.29) is 18.1 Å². The first-order chi connectivity index (χ1) is 9.42. The highest BCUT2D eigenvalue weighted by molar-refractivity contribution is 5.91. The number of carbonyl (C=O) groups is 1. The lowest BCUT2D eigenvalue weighted by Gasteiger charge is -2.19. The maximum atomic E-state index is 11.7. The molecule has 2 rings (SSSR count). The zero-order valence-electron chi connectivity index (χ0n) is 12.5. The average Bonchev–Trinajstić information content (AvgIpc) is 3.19. The molecule has 0 unspecified atom stereocenters. The summed E-state index contributed by atoms with van der Waals surface area (Å²) in [6.45, 7) is 6.77. The Labute approximate surface area is 120 Å². The number of carbonyl (C=O) groups excluding carboxylic acids is 1. The Kier molecular flexibility index (Phi) is 4.78. The largest absolute Gasteiger partial charge is 0.366 e. The second kappa shape index (κ2) is 6.37. The van der Waals surface area contributed by atoms with Crippen molar-refractivity contribution in [1.82, 2.24) is 5.32 Å². The van der Waals surface area contributed by atoms with Gasteiger partial charge in [-0.1, -0.05) is 12.1 Å². The van der Waals surface area contributed by atoms with Crippen LogP contribution in [0.15, 0.2) is 24.3 Å². The van der Waals surface area contributed by atoms with Gasteiger partial charge in [0.25, 0.3) is 0 Å². The minimum Gasteiger partial charge on any atom is -0.366 e. The van der Waals surface area contributed by atoms with Crippen LogP contribution in [0.5, 0.6) is 0 Å². The summed E-state index contributed by atoms with van der Waals surface area (Å²) in [6, 6.07) is 8.65. The van der Waals surface area contributed by atoms with Crippen LogP contribution in [0.25, 0.3) is 0 Å². The summed E-state index contributed by atoms with van der Waals surface area (Å²) in [4.78, 5) is 11.7. The minimum absolute atomic E-state index is 0.0779. The van der Waals surface area contributed by atoms with Crippen LogP contribution >= 0.6 is 0 Å². The standard InChI is InChI=1S/C16H24N2O2/c1-16(2,3)20-11-15(19)18-14-6-4-12(5-7-14)10-17-13-8-9-13/h4-7,13,17H,8-11H2,1-3H3,(H,18,19). The third-order valence-electron chi connectivity index (χ3n) is 3.05. The predicted octanol–water partition coefficient (Wildman–Crippen LogP) is 2.69. The van der Waals surface area contributed by atoms with Crippen LogP contribution in [0.4, 0.5) is 5.69 Å². The summed E-state index contributed by atoms with van der Waals surface area (Å²) in [7, 11) is 0. The lowest BCUT2D eigenvalue weighted by molar-refractivity contribution is -0.125. The average molecular weight is 276 g/mol. The van der Waals surface area contributed by atoms with Crippen LogP contribution in [0.3, 0.4) is 0 Å². The highest BCUT2D eigenvalue weighted by Crippen LogP contribution is 2.19. The molecule has 4 nitrogen and oxygen atoms in total. The van der Waals surface area contributed by atoms with Gasteiger partial charge in [-0.3, -0.25) is 4.79 Å². The van der Waals surface area contributed by atoms with Gasteiger partial charge in [0.1, 0.15) is 6.61 Å². The first-order valence-corrected chi connectivity index (χ1v) is 7.18. The van der Waals surface area contributed by atoms with E-state index in [9.17, 15) is 4.79 Å². The van der Waals surface area contributed by atoms with Crippen LogP contribution in [0, 0.1) is 0 Å². The second-order valence-electron chi connectivity index (χ2n) is 6.30. The topological polar surface area (TPSA) is 50.4 Å². The Morgan fingerprint density at radius 2 is 1.90 bits per heavy atom. The highest BCUT2D eigenvalue weighted by atomic mass is 16.5. The quantitative estimate of drug-likeness (QED) is 0.840. The second-order valence-corrected chi connectivity index (χ2v) is 6.30. The fraction of sp³-hybridized carbons (Fsp3) is 0.562. The predicted molar refractivity (Wildman–Crippen MR) is 80.6 cm³/mol. The summed E-state index contributed by atoms with van der Waals surface area (Å²) in [6.07, 6.45) is 2.59. The highest BCUT2D eigenvalue weighted by Gasteiger charge is 2.19. The first-order valence-electron chi connectivity index (χ1n) is 7.18. The SMILES string of the molecule is CC(C)(C)OCC(=O)Nc1ccc(CNC2CC2)cc1. The normalized spacial score (nSPS) is 15.2. The van der Waals surface area contributed by atoms with E-state index in [1.165, 1.54) is 18.4 Å². The summed E-state index contributed by atoms with van der Waals surface area (Å²) in [5.74, 6) is -0.121. The molecule has 1 aliphatic rings. The molecule has 0 bridgehead atoms. The molecule has 1 aliphatic carbocycles. The molecule has 1 aromatic rings. The van der Waals surface area contributed by atoms with E-state index in [0.29, 0.717) is 6.04 Å². The van der Waals surface area contributed by atoms with Gasteiger partial charge < -0.3 is 15.4 Å². The summed E-state index contributed by atoms with van der Waals surface area (Å²) >= 11 is 0. The zero-order valence-corrected chi connectivity index (χ0v) is 12.5. The molecule has 0 atom stereocenters. The Hall–Kier alpha value is -1.39. The van der Waals surface area contributed by atoms with E-state index in [4.69, 9.17) is 4.74 Å². The third kappa shape index (κ3) is 5.72. The van der Waals surface area contributed by atoms with Gasteiger partial charge in [-0.05, 0) is 51.3 Å². The van der Waals surface area contributed by atoms with Crippen molar-refractivity contribution in [2.24, 2.45) is 0 Å². The van der Waals surface area contributed by atoms with Gasteiger partial charge in [-0.15, -0.1) is 0 Å². The number of benzene rings is 1. The van der Waals surface area contributed by atoms with E-state index in [2.05, 4.69) is 10.6 Å². The van der Waals surface area contributed by atoms with Crippen molar-refractivity contribution in [2.75, 3.05) is 11.9 Å². The number of anilines is 1. The van der Waals surface area contributed by atoms with Crippen molar-refractivity contribution in [1.29, 1.82) is 0 Å². The van der Waals surface area contributed by atoms with Crippen molar-refractivity contribution in [2.45, 2.75) is 51.8 Å². The van der Waals surface area contributed by atoms with Gasteiger partial charge in [0.15, 0.2) is 0 Å². The fourth-order valence-corrected chi connectivity index (χ4v) is 1.73. The molecular weight excluding hydrogens is 252 g/mol. The van der Waals surface area contributed by atoms with Crippen LogP contribution < -0.4 is 10.6 Å². The molecule has 0 aromatic heterocycles. The van der Waals surface area contributed by atoms with Gasteiger partial charge >= 0.3 is 0 Å². The Balaban J connectivity index is 1.75. The first kappa shape index (κ1) is 15.0. The smallest absolute Gasteiger partial charge is 0.250 e. The van der Waals surface area contributed by atoms with E-state index in [1.807, 2.05) is 45.0 Å². The Morgan fingerprint density at radius 3 is 2.45 bits per heavy atom. The van der Waals surface area contributed by atoms with Crippen LogP contribution in [-0.4, -0.2) is 24.2 Å². The molecule has 0 heterocycles. The maximum absolute atomic E-state index is 11.7. The van der Waals surface area contributed by atoms with Crippen molar-refractivity contribution in [3.8, 4) is 0 Å².